The van der Waals surface area contributed by atoms with Gasteiger partial charge in [-0.25, -0.2) is 4.39 Å². The predicted octanol–water partition coefficient (Wildman–Crippen LogP) is 3.27. The van der Waals surface area contributed by atoms with Gasteiger partial charge in [-0.2, -0.15) is 0 Å². The molecule has 0 saturated carbocycles. The number of carbonyl (C=O) groups is 1. The lowest BCUT2D eigenvalue weighted by molar-refractivity contribution is -0.140. The molecule has 0 spiro atoms. The molecular weight excluding hydrogens is 267 g/mol. The normalized spacial score (nSPS) is 23.0. The zero-order valence-electron chi connectivity index (χ0n) is 13.2. The molecule has 4 heteroatoms. The molecule has 1 N–H and O–H groups in total. The van der Waals surface area contributed by atoms with Crippen LogP contribution >= 0.6 is 0 Å². The van der Waals surface area contributed by atoms with Crippen molar-refractivity contribution < 1.29 is 9.18 Å². The lowest BCUT2D eigenvalue weighted by Crippen LogP contribution is -2.55. The van der Waals surface area contributed by atoms with Crippen molar-refractivity contribution in [2.45, 2.75) is 51.6 Å². The second-order valence-corrected chi connectivity index (χ2v) is 5.78. The first kappa shape index (κ1) is 16.0. The van der Waals surface area contributed by atoms with Crippen molar-refractivity contribution in [3.8, 4) is 0 Å². The summed E-state index contributed by atoms with van der Waals surface area (Å²) in [4.78, 5) is 14.9. The minimum Gasteiger partial charge on any atom is -0.335 e. The third-order valence-corrected chi connectivity index (χ3v) is 4.68. The van der Waals surface area contributed by atoms with Crippen molar-refractivity contribution in [1.29, 1.82) is 0 Å². The highest BCUT2D eigenvalue weighted by molar-refractivity contribution is 5.87. The van der Waals surface area contributed by atoms with E-state index >= 15 is 0 Å². The maximum absolute atomic E-state index is 13.1. The SMILES string of the molecule is CCN(C(=O)C1(CC)CCCN1)C(C)c1ccc(F)cc1. The van der Waals surface area contributed by atoms with E-state index in [1.165, 1.54) is 12.1 Å². The van der Waals surface area contributed by atoms with Gasteiger partial charge in [0.15, 0.2) is 0 Å². The summed E-state index contributed by atoms with van der Waals surface area (Å²) in [5.41, 5.74) is 0.556. The second kappa shape index (κ2) is 6.56. The molecule has 0 aliphatic carbocycles. The van der Waals surface area contributed by atoms with Gasteiger partial charge in [0.2, 0.25) is 5.91 Å². The number of rotatable bonds is 5. The van der Waals surface area contributed by atoms with Gasteiger partial charge in [0.05, 0.1) is 11.6 Å². The minimum atomic E-state index is -0.412. The van der Waals surface area contributed by atoms with Crippen LogP contribution in [0, 0.1) is 5.82 Å². The Hall–Kier alpha value is -1.42. The molecule has 0 bridgehead atoms. The lowest BCUT2D eigenvalue weighted by Gasteiger charge is -2.37. The molecule has 21 heavy (non-hydrogen) atoms. The monoisotopic (exact) mass is 292 g/mol. The van der Waals surface area contributed by atoms with Crippen LogP contribution in [0.5, 0.6) is 0 Å². The zero-order valence-corrected chi connectivity index (χ0v) is 13.2. The highest BCUT2D eigenvalue weighted by Gasteiger charge is 2.42. The van der Waals surface area contributed by atoms with E-state index in [0.717, 1.165) is 31.4 Å². The topological polar surface area (TPSA) is 32.3 Å². The molecule has 1 aromatic rings. The Morgan fingerprint density at radius 3 is 2.52 bits per heavy atom. The number of nitrogens with one attached hydrogen (secondary N) is 1. The number of hydrogen-bond donors (Lipinski definition) is 1. The van der Waals surface area contributed by atoms with E-state index in [0.29, 0.717) is 6.54 Å². The molecule has 3 nitrogen and oxygen atoms in total. The highest BCUT2D eigenvalue weighted by Crippen LogP contribution is 2.30. The van der Waals surface area contributed by atoms with Gasteiger partial charge in [0.25, 0.3) is 0 Å². The molecular formula is C17H25FN2O. The zero-order chi connectivity index (χ0) is 15.5. The van der Waals surface area contributed by atoms with Crippen LogP contribution in [-0.4, -0.2) is 29.4 Å². The summed E-state index contributed by atoms with van der Waals surface area (Å²) in [6.45, 7) is 7.62. The summed E-state index contributed by atoms with van der Waals surface area (Å²) in [7, 11) is 0. The summed E-state index contributed by atoms with van der Waals surface area (Å²) in [5, 5.41) is 3.40. The fraction of sp³-hybridized carbons (Fsp3) is 0.588. The molecule has 2 rings (SSSR count). The van der Waals surface area contributed by atoms with Gasteiger partial charge in [0.1, 0.15) is 5.82 Å². The van der Waals surface area contributed by atoms with E-state index in [1.807, 2.05) is 18.7 Å². The largest absolute Gasteiger partial charge is 0.335 e. The van der Waals surface area contributed by atoms with Crippen LogP contribution < -0.4 is 5.32 Å². The number of carbonyl (C=O) groups excluding carboxylic acids is 1. The molecule has 2 atom stereocenters. The van der Waals surface area contributed by atoms with Gasteiger partial charge >= 0.3 is 0 Å². The van der Waals surface area contributed by atoms with E-state index in [2.05, 4.69) is 12.2 Å². The Balaban J connectivity index is 2.22. The van der Waals surface area contributed by atoms with Crippen molar-refractivity contribution in [2.24, 2.45) is 0 Å². The molecule has 0 aromatic heterocycles. The fourth-order valence-corrected chi connectivity index (χ4v) is 3.23. The first-order valence-corrected chi connectivity index (χ1v) is 7.85. The maximum atomic E-state index is 13.1. The van der Waals surface area contributed by atoms with E-state index in [4.69, 9.17) is 0 Å². The smallest absolute Gasteiger partial charge is 0.243 e. The van der Waals surface area contributed by atoms with Gasteiger partial charge in [-0.05, 0) is 57.4 Å². The molecule has 0 radical (unpaired) electrons. The molecule has 1 aromatic carbocycles. The molecule has 116 valence electrons. The van der Waals surface area contributed by atoms with E-state index in [1.54, 1.807) is 12.1 Å². The van der Waals surface area contributed by atoms with E-state index in [9.17, 15) is 9.18 Å². The van der Waals surface area contributed by atoms with Crippen LogP contribution in [0.1, 0.15) is 51.6 Å². The number of likely N-dealkylation sites (N-methyl/N-ethyl adjacent to an activating group) is 1. The number of hydrogen-bond acceptors (Lipinski definition) is 2. The van der Waals surface area contributed by atoms with Crippen molar-refractivity contribution in [1.82, 2.24) is 10.2 Å². The first-order valence-electron chi connectivity index (χ1n) is 7.85. The van der Waals surface area contributed by atoms with Crippen molar-refractivity contribution in [2.75, 3.05) is 13.1 Å². The lowest BCUT2D eigenvalue weighted by atomic mass is 9.91. The van der Waals surface area contributed by atoms with Crippen LogP contribution in [-0.2, 0) is 4.79 Å². The van der Waals surface area contributed by atoms with E-state index in [-0.39, 0.29) is 17.8 Å². The van der Waals surface area contributed by atoms with Gasteiger partial charge in [-0.15, -0.1) is 0 Å². The van der Waals surface area contributed by atoms with E-state index < -0.39 is 5.54 Å². The van der Waals surface area contributed by atoms with Crippen molar-refractivity contribution in [3.63, 3.8) is 0 Å². The standard InChI is InChI=1S/C17H25FN2O/c1-4-17(11-6-12-19-17)16(21)20(5-2)13(3)14-7-9-15(18)10-8-14/h7-10,13,19H,4-6,11-12H2,1-3H3. The first-order chi connectivity index (χ1) is 10.0. The molecule has 1 heterocycles. The highest BCUT2D eigenvalue weighted by atomic mass is 19.1. The molecule has 1 aliphatic rings. The van der Waals surface area contributed by atoms with Gasteiger partial charge in [-0.1, -0.05) is 19.1 Å². The molecule has 1 aliphatic heterocycles. The second-order valence-electron chi connectivity index (χ2n) is 5.78. The fourth-order valence-electron chi connectivity index (χ4n) is 3.23. The van der Waals surface area contributed by atoms with Crippen LogP contribution in [0.15, 0.2) is 24.3 Å². The minimum absolute atomic E-state index is 0.0473. The van der Waals surface area contributed by atoms with Gasteiger partial charge < -0.3 is 10.2 Å². The van der Waals surface area contributed by atoms with Crippen LogP contribution in [0.4, 0.5) is 4.39 Å². The third-order valence-electron chi connectivity index (χ3n) is 4.68. The van der Waals surface area contributed by atoms with Gasteiger partial charge in [0, 0.05) is 6.54 Å². The summed E-state index contributed by atoms with van der Waals surface area (Å²) >= 11 is 0. The average Bonchev–Trinajstić information content (AvgIpc) is 2.98. The van der Waals surface area contributed by atoms with Crippen molar-refractivity contribution >= 4 is 5.91 Å². The number of nitrogens with zero attached hydrogens (tertiary/aromatic N) is 1. The number of amides is 1. The number of benzene rings is 1. The number of halogens is 1. The van der Waals surface area contributed by atoms with Gasteiger partial charge in [-0.3, -0.25) is 4.79 Å². The Labute approximate surface area is 126 Å². The molecule has 1 saturated heterocycles. The average molecular weight is 292 g/mol. The Morgan fingerprint density at radius 1 is 1.38 bits per heavy atom. The van der Waals surface area contributed by atoms with Crippen molar-refractivity contribution in [3.05, 3.63) is 35.6 Å². The van der Waals surface area contributed by atoms with Crippen LogP contribution in [0.25, 0.3) is 0 Å². The summed E-state index contributed by atoms with van der Waals surface area (Å²) in [6.07, 6.45) is 2.75. The van der Waals surface area contributed by atoms with Crippen LogP contribution in [0.3, 0.4) is 0 Å². The third kappa shape index (κ3) is 3.10. The summed E-state index contributed by atoms with van der Waals surface area (Å²) < 4.78 is 13.1. The predicted molar refractivity (Wildman–Crippen MR) is 82.5 cm³/mol. The Bertz CT molecular complexity index is 480. The summed E-state index contributed by atoms with van der Waals surface area (Å²) in [6, 6.07) is 6.38. The molecule has 1 fully saturated rings. The Morgan fingerprint density at radius 2 is 2.05 bits per heavy atom. The molecule has 2 unspecified atom stereocenters. The summed E-state index contributed by atoms with van der Waals surface area (Å²) in [5.74, 6) is -0.0790. The van der Waals surface area contributed by atoms with Crippen LogP contribution in [0.2, 0.25) is 0 Å². The maximum Gasteiger partial charge on any atom is 0.243 e. The Kier molecular flexibility index (Phi) is 4.99. The quantitative estimate of drug-likeness (QED) is 0.903. The molecule has 1 amide bonds.